The third-order valence-corrected chi connectivity index (χ3v) is 5.90. The molecule has 2 atom stereocenters. The average Bonchev–Trinajstić information content (AvgIpc) is 2.77. The quantitative estimate of drug-likeness (QED) is 0.454. The number of rotatable bonds is 8. The summed E-state index contributed by atoms with van der Waals surface area (Å²) in [7, 11) is 4.62. The molecule has 1 aromatic carbocycles. The number of nitrogens with zero attached hydrogens (tertiary/aromatic N) is 1. The van der Waals surface area contributed by atoms with Gasteiger partial charge in [-0.25, -0.2) is 0 Å². The molecular weight excluding hydrogens is 398 g/mol. The Morgan fingerprint density at radius 3 is 2.48 bits per heavy atom. The van der Waals surface area contributed by atoms with Gasteiger partial charge >= 0.3 is 5.97 Å². The van der Waals surface area contributed by atoms with Crippen molar-refractivity contribution in [1.82, 2.24) is 0 Å². The SMILES string of the molecule is CCCCOC(=O)C1C(C)=NC2=C(C(=O)CCC2)[C@H]1c1ccc(OC)c(OC)c1OC. The maximum absolute atomic E-state index is 13.2. The second-order valence-corrected chi connectivity index (χ2v) is 7.79. The van der Waals surface area contributed by atoms with Crippen LogP contribution in [0, 0.1) is 5.92 Å². The zero-order valence-corrected chi connectivity index (χ0v) is 18.9. The van der Waals surface area contributed by atoms with Gasteiger partial charge in [0.2, 0.25) is 5.75 Å². The highest BCUT2D eigenvalue weighted by Crippen LogP contribution is 2.50. The summed E-state index contributed by atoms with van der Waals surface area (Å²) in [5, 5.41) is 0. The van der Waals surface area contributed by atoms with Crippen molar-refractivity contribution in [3.8, 4) is 17.2 Å². The van der Waals surface area contributed by atoms with E-state index in [4.69, 9.17) is 18.9 Å². The highest BCUT2D eigenvalue weighted by molar-refractivity contribution is 6.09. The molecule has 1 unspecified atom stereocenters. The minimum absolute atomic E-state index is 0.0192. The Morgan fingerprint density at radius 2 is 1.84 bits per heavy atom. The summed E-state index contributed by atoms with van der Waals surface area (Å²) in [4.78, 5) is 30.9. The molecule has 31 heavy (non-hydrogen) atoms. The smallest absolute Gasteiger partial charge is 0.315 e. The molecule has 0 fully saturated rings. The van der Waals surface area contributed by atoms with Crippen LogP contribution in [0.4, 0.5) is 0 Å². The fourth-order valence-electron chi connectivity index (χ4n) is 4.42. The summed E-state index contributed by atoms with van der Waals surface area (Å²) >= 11 is 0. The molecule has 0 radical (unpaired) electrons. The van der Waals surface area contributed by atoms with Gasteiger partial charge in [0, 0.05) is 34.9 Å². The van der Waals surface area contributed by atoms with Crippen LogP contribution in [0.2, 0.25) is 0 Å². The Morgan fingerprint density at radius 1 is 1.10 bits per heavy atom. The third kappa shape index (κ3) is 4.31. The number of esters is 1. The van der Waals surface area contributed by atoms with E-state index < -0.39 is 11.8 Å². The van der Waals surface area contributed by atoms with Gasteiger partial charge in [-0.15, -0.1) is 0 Å². The molecular formula is C24H31NO6. The van der Waals surface area contributed by atoms with Gasteiger partial charge in [-0.1, -0.05) is 19.4 Å². The van der Waals surface area contributed by atoms with Gasteiger partial charge in [0.1, 0.15) is 5.92 Å². The van der Waals surface area contributed by atoms with Gasteiger partial charge in [0.25, 0.3) is 0 Å². The molecule has 2 aliphatic rings. The van der Waals surface area contributed by atoms with Crippen LogP contribution >= 0.6 is 0 Å². The normalized spacial score (nSPS) is 20.7. The van der Waals surface area contributed by atoms with Crippen LogP contribution in [-0.4, -0.2) is 45.4 Å². The molecule has 7 heteroatoms. The van der Waals surface area contributed by atoms with E-state index in [9.17, 15) is 9.59 Å². The van der Waals surface area contributed by atoms with E-state index in [1.54, 1.807) is 13.2 Å². The van der Waals surface area contributed by atoms with Gasteiger partial charge in [0.05, 0.1) is 27.9 Å². The van der Waals surface area contributed by atoms with Crippen molar-refractivity contribution in [2.45, 2.75) is 51.9 Å². The summed E-state index contributed by atoms with van der Waals surface area (Å²) in [6, 6.07) is 3.60. The third-order valence-electron chi connectivity index (χ3n) is 5.90. The van der Waals surface area contributed by atoms with E-state index in [1.807, 2.05) is 19.9 Å². The zero-order chi connectivity index (χ0) is 22.5. The molecule has 1 aliphatic heterocycles. The summed E-state index contributed by atoms with van der Waals surface area (Å²) in [5.74, 6) is -0.235. The van der Waals surface area contributed by atoms with E-state index in [0.717, 1.165) is 25.0 Å². The second kappa shape index (κ2) is 9.98. The predicted molar refractivity (Wildman–Crippen MR) is 117 cm³/mol. The van der Waals surface area contributed by atoms with Crippen molar-refractivity contribution < 1.29 is 28.5 Å². The van der Waals surface area contributed by atoms with E-state index in [0.29, 0.717) is 53.5 Å². The van der Waals surface area contributed by atoms with Crippen LogP contribution in [0.25, 0.3) is 0 Å². The number of ether oxygens (including phenoxy) is 4. The summed E-state index contributed by atoms with van der Waals surface area (Å²) in [6.45, 7) is 4.21. The van der Waals surface area contributed by atoms with Crippen molar-refractivity contribution in [3.05, 3.63) is 29.0 Å². The first kappa shape index (κ1) is 22.8. The highest BCUT2D eigenvalue weighted by atomic mass is 16.5. The van der Waals surface area contributed by atoms with Crippen LogP contribution in [-0.2, 0) is 14.3 Å². The molecule has 3 rings (SSSR count). The fourth-order valence-corrected chi connectivity index (χ4v) is 4.42. The molecule has 1 aliphatic carbocycles. The molecule has 7 nitrogen and oxygen atoms in total. The molecule has 168 valence electrons. The Kier molecular flexibility index (Phi) is 7.36. The first-order chi connectivity index (χ1) is 15.0. The summed E-state index contributed by atoms with van der Waals surface area (Å²) in [6.07, 6.45) is 3.62. The predicted octanol–water partition coefficient (Wildman–Crippen LogP) is 4.24. The van der Waals surface area contributed by atoms with Gasteiger partial charge in [-0.2, -0.15) is 0 Å². The first-order valence-corrected chi connectivity index (χ1v) is 10.7. The Balaban J connectivity index is 2.18. The summed E-state index contributed by atoms with van der Waals surface area (Å²) < 4.78 is 22.3. The van der Waals surface area contributed by atoms with Gasteiger partial charge in [-0.05, 0) is 32.3 Å². The number of unbranched alkanes of at least 4 members (excludes halogenated alkanes) is 1. The molecule has 0 aromatic heterocycles. The summed E-state index contributed by atoms with van der Waals surface area (Å²) in [5.41, 5.74) is 2.68. The van der Waals surface area contributed by atoms with Crippen molar-refractivity contribution in [2.75, 3.05) is 27.9 Å². The molecule has 1 heterocycles. The van der Waals surface area contributed by atoms with Crippen LogP contribution in [0.1, 0.15) is 57.4 Å². The number of aliphatic imine (C=N–C) groups is 1. The molecule has 0 N–H and O–H groups in total. The van der Waals surface area contributed by atoms with E-state index in [-0.39, 0.29) is 11.8 Å². The van der Waals surface area contributed by atoms with Crippen molar-refractivity contribution in [2.24, 2.45) is 10.9 Å². The van der Waals surface area contributed by atoms with Gasteiger partial charge in [0.15, 0.2) is 17.3 Å². The lowest BCUT2D eigenvalue weighted by Gasteiger charge is -2.35. The Labute approximate surface area is 183 Å². The topological polar surface area (TPSA) is 83.4 Å². The minimum atomic E-state index is -0.704. The molecule has 0 saturated heterocycles. The second-order valence-electron chi connectivity index (χ2n) is 7.79. The number of hydrogen-bond acceptors (Lipinski definition) is 7. The van der Waals surface area contributed by atoms with Crippen LogP contribution in [0.5, 0.6) is 17.2 Å². The van der Waals surface area contributed by atoms with E-state index in [2.05, 4.69) is 4.99 Å². The molecule has 0 spiro atoms. The number of carbonyl (C=O) groups is 2. The maximum Gasteiger partial charge on any atom is 0.315 e. The van der Waals surface area contributed by atoms with Gasteiger partial charge < -0.3 is 18.9 Å². The van der Waals surface area contributed by atoms with Gasteiger partial charge in [-0.3, -0.25) is 14.6 Å². The lowest BCUT2D eigenvalue weighted by molar-refractivity contribution is -0.146. The average molecular weight is 430 g/mol. The Bertz CT molecular complexity index is 917. The van der Waals surface area contributed by atoms with E-state index >= 15 is 0 Å². The monoisotopic (exact) mass is 429 g/mol. The lowest BCUT2D eigenvalue weighted by Crippen LogP contribution is -2.37. The van der Waals surface area contributed by atoms with Crippen molar-refractivity contribution in [3.63, 3.8) is 0 Å². The van der Waals surface area contributed by atoms with Crippen LogP contribution in [0.15, 0.2) is 28.4 Å². The largest absolute Gasteiger partial charge is 0.493 e. The van der Waals surface area contributed by atoms with Crippen molar-refractivity contribution >= 4 is 17.5 Å². The Hall–Kier alpha value is -2.83. The van der Waals surface area contributed by atoms with Crippen LogP contribution in [0.3, 0.4) is 0 Å². The fraction of sp³-hybridized carbons (Fsp3) is 0.542. The zero-order valence-electron chi connectivity index (χ0n) is 18.9. The number of Topliss-reactive ketones (excluding diaryl/α,β-unsaturated/α-hetero) is 1. The molecule has 1 aromatic rings. The maximum atomic E-state index is 13.2. The highest BCUT2D eigenvalue weighted by Gasteiger charge is 2.44. The molecule has 0 amide bonds. The number of benzene rings is 1. The standard InChI is InChI=1S/C24H31NO6/c1-6-7-13-31-24(27)19-14(2)25-16-9-8-10-17(26)21(16)20(19)15-11-12-18(28-3)23(30-5)22(15)29-4/h11-12,19-20H,6-10,13H2,1-5H3/t19?,20-/m0/s1. The lowest BCUT2D eigenvalue weighted by atomic mass is 9.71. The molecule has 0 saturated carbocycles. The minimum Gasteiger partial charge on any atom is -0.493 e. The molecule has 0 bridgehead atoms. The van der Waals surface area contributed by atoms with Crippen molar-refractivity contribution in [1.29, 1.82) is 0 Å². The number of hydrogen-bond donors (Lipinski definition) is 0. The van der Waals surface area contributed by atoms with E-state index in [1.165, 1.54) is 14.2 Å². The number of methoxy groups -OCH3 is 3. The first-order valence-electron chi connectivity index (χ1n) is 10.7. The number of ketones is 1. The van der Waals surface area contributed by atoms with Crippen LogP contribution < -0.4 is 14.2 Å². The number of carbonyl (C=O) groups excluding carboxylic acids is 2. The number of allylic oxidation sites excluding steroid dienone is 2.